The molecule has 1 rings (SSSR count). The minimum Gasteiger partial charge on any atom is -0.490 e. The summed E-state index contributed by atoms with van der Waals surface area (Å²) in [7, 11) is 0. The predicted molar refractivity (Wildman–Crippen MR) is 85.8 cm³/mol. The lowest BCUT2D eigenvalue weighted by molar-refractivity contribution is 0.284. The van der Waals surface area contributed by atoms with Crippen LogP contribution in [0.4, 0.5) is 8.78 Å². The number of hydrogen-bond acceptors (Lipinski definition) is 2. The molecule has 2 nitrogen and oxygen atoms in total. The number of hydrogen-bond donors (Lipinski definition) is 1. The molecule has 0 atom stereocenters. The molecule has 0 bridgehead atoms. The van der Waals surface area contributed by atoms with Crippen molar-refractivity contribution >= 4 is 15.9 Å². The molecule has 0 spiro atoms. The summed E-state index contributed by atoms with van der Waals surface area (Å²) in [6.07, 6.45) is 4.06. The van der Waals surface area contributed by atoms with Gasteiger partial charge in [-0.15, -0.1) is 0 Å². The highest BCUT2D eigenvalue weighted by Crippen LogP contribution is 2.25. The third-order valence-electron chi connectivity index (χ3n) is 2.94. The molecule has 0 saturated heterocycles. The predicted octanol–water partition coefficient (Wildman–Crippen LogP) is 5.05. The molecule has 1 aromatic rings. The molecule has 1 aromatic carbocycles. The first-order valence-electron chi connectivity index (χ1n) is 7.32. The van der Waals surface area contributed by atoms with Gasteiger partial charge in [-0.25, -0.2) is 4.39 Å². The van der Waals surface area contributed by atoms with E-state index in [2.05, 4.69) is 42.0 Å². The van der Waals surface area contributed by atoms with Crippen molar-refractivity contribution in [2.24, 2.45) is 0 Å². The quantitative estimate of drug-likeness (QED) is 0.515. The van der Waals surface area contributed by atoms with Crippen molar-refractivity contribution in [3.63, 3.8) is 0 Å². The first-order chi connectivity index (χ1) is 9.79. The summed E-state index contributed by atoms with van der Waals surface area (Å²) in [5.74, 6) is -1.85. The van der Waals surface area contributed by atoms with Crippen LogP contribution in [0.15, 0.2) is 16.6 Å². The molecule has 21 heavy (non-hydrogen) atoms. The van der Waals surface area contributed by atoms with Gasteiger partial charge in [0.05, 0.1) is 6.61 Å². The first-order valence-corrected chi connectivity index (χ1v) is 8.11. The van der Waals surface area contributed by atoms with E-state index in [9.17, 15) is 8.78 Å². The Bertz CT molecular complexity index is 447. The molecule has 0 heterocycles. The lowest BCUT2D eigenvalue weighted by Crippen LogP contribution is -2.36. The van der Waals surface area contributed by atoms with Crippen molar-refractivity contribution < 1.29 is 13.5 Å². The molecule has 0 amide bonds. The summed E-state index contributed by atoms with van der Waals surface area (Å²) in [5.41, 5.74) is 0.158. The van der Waals surface area contributed by atoms with Gasteiger partial charge in [0.15, 0.2) is 11.6 Å². The molecule has 0 aliphatic rings. The number of rotatable bonds is 8. The van der Waals surface area contributed by atoms with Crippen molar-refractivity contribution in [2.45, 2.75) is 52.0 Å². The third kappa shape index (κ3) is 7.77. The van der Waals surface area contributed by atoms with Crippen molar-refractivity contribution in [3.05, 3.63) is 28.2 Å². The van der Waals surface area contributed by atoms with Crippen LogP contribution in [0.1, 0.15) is 46.5 Å². The Labute approximate surface area is 134 Å². The van der Waals surface area contributed by atoms with Crippen LogP contribution >= 0.6 is 15.9 Å². The second-order valence-electron chi connectivity index (χ2n) is 6.14. The smallest absolute Gasteiger partial charge is 0.200 e. The van der Waals surface area contributed by atoms with E-state index in [1.54, 1.807) is 0 Å². The van der Waals surface area contributed by atoms with E-state index in [0.717, 1.165) is 38.3 Å². The zero-order chi connectivity index (χ0) is 15.9. The first kappa shape index (κ1) is 18.4. The summed E-state index contributed by atoms with van der Waals surface area (Å²) in [6.45, 7) is 7.83. The van der Waals surface area contributed by atoms with Gasteiger partial charge in [-0.05, 0) is 52.3 Å². The van der Waals surface area contributed by atoms with Gasteiger partial charge in [0.25, 0.3) is 0 Å². The van der Waals surface area contributed by atoms with Gasteiger partial charge in [-0.3, -0.25) is 0 Å². The molecule has 0 saturated carbocycles. The Hall–Kier alpha value is -0.680. The summed E-state index contributed by atoms with van der Waals surface area (Å²) in [6, 6.07) is 2.54. The fourth-order valence-electron chi connectivity index (χ4n) is 1.86. The Kier molecular flexibility index (Phi) is 7.60. The van der Waals surface area contributed by atoms with E-state index in [-0.39, 0.29) is 11.3 Å². The van der Waals surface area contributed by atoms with Crippen LogP contribution < -0.4 is 10.1 Å². The number of nitrogens with one attached hydrogen (secondary N) is 1. The summed E-state index contributed by atoms with van der Waals surface area (Å²) < 4.78 is 32.4. The van der Waals surface area contributed by atoms with Crippen LogP contribution in [0.5, 0.6) is 5.75 Å². The Morgan fingerprint density at radius 1 is 1.10 bits per heavy atom. The molecule has 120 valence electrons. The monoisotopic (exact) mass is 363 g/mol. The maximum atomic E-state index is 13.4. The van der Waals surface area contributed by atoms with Crippen LogP contribution in [0.2, 0.25) is 0 Å². The SMILES string of the molecule is CC(C)(C)NCCCCCCOc1cc(Br)cc(F)c1F. The van der Waals surface area contributed by atoms with E-state index in [0.29, 0.717) is 11.1 Å². The Morgan fingerprint density at radius 3 is 2.43 bits per heavy atom. The van der Waals surface area contributed by atoms with Crippen LogP contribution in [-0.2, 0) is 0 Å². The second kappa shape index (κ2) is 8.69. The molecule has 0 unspecified atom stereocenters. The fourth-order valence-corrected chi connectivity index (χ4v) is 2.27. The average molecular weight is 364 g/mol. The van der Waals surface area contributed by atoms with Gasteiger partial charge in [0.2, 0.25) is 5.82 Å². The van der Waals surface area contributed by atoms with E-state index in [1.807, 2.05) is 0 Å². The minimum atomic E-state index is -0.924. The Morgan fingerprint density at radius 2 is 1.76 bits per heavy atom. The van der Waals surface area contributed by atoms with Crippen LogP contribution in [0.3, 0.4) is 0 Å². The summed E-state index contributed by atoms with van der Waals surface area (Å²) in [4.78, 5) is 0. The van der Waals surface area contributed by atoms with Crippen molar-refractivity contribution in [2.75, 3.05) is 13.2 Å². The van der Waals surface area contributed by atoms with E-state index in [4.69, 9.17) is 4.74 Å². The van der Waals surface area contributed by atoms with E-state index in [1.165, 1.54) is 6.07 Å². The molecule has 0 aliphatic carbocycles. The molecular formula is C16H24BrF2NO. The zero-order valence-corrected chi connectivity index (χ0v) is 14.5. The number of unbranched alkanes of at least 4 members (excludes halogenated alkanes) is 3. The van der Waals surface area contributed by atoms with Gasteiger partial charge in [-0.1, -0.05) is 28.8 Å². The maximum Gasteiger partial charge on any atom is 0.200 e. The fraction of sp³-hybridized carbons (Fsp3) is 0.625. The molecule has 0 radical (unpaired) electrons. The number of halogens is 3. The van der Waals surface area contributed by atoms with Gasteiger partial charge < -0.3 is 10.1 Å². The van der Waals surface area contributed by atoms with Gasteiger partial charge in [-0.2, -0.15) is 4.39 Å². The molecule has 0 aliphatic heterocycles. The lowest BCUT2D eigenvalue weighted by Gasteiger charge is -2.20. The molecule has 5 heteroatoms. The van der Waals surface area contributed by atoms with Gasteiger partial charge in [0.1, 0.15) is 0 Å². The zero-order valence-electron chi connectivity index (χ0n) is 12.9. The summed E-state index contributed by atoms with van der Waals surface area (Å²) >= 11 is 3.12. The molecule has 1 N–H and O–H groups in total. The topological polar surface area (TPSA) is 21.3 Å². The number of benzene rings is 1. The minimum absolute atomic E-state index is 0.0312. The van der Waals surface area contributed by atoms with Crippen LogP contribution in [0.25, 0.3) is 0 Å². The van der Waals surface area contributed by atoms with Gasteiger partial charge in [0, 0.05) is 10.0 Å². The molecular weight excluding hydrogens is 340 g/mol. The average Bonchev–Trinajstić information content (AvgIpc) is 2.36. The molecule has 0 aromatic heterocycles. The maximum absolute atomic E-state index is 13.4. The van der Waals surface area contributed by atoms with E-state index < -0.39 is 11.6 Å². The highest BCUT2D eigenvalue weighted by molar-refractivity contribution is 9.10. The standard InChI is InChI=1S/C16H24BrF2NO/c1-16(2,3)20-8-6-4-5-7-9-21-14-11-12(17)10-13(18)15(14)19/h10-11,20H,4-9H2,1-3H3. The normalized spacial score (nSPS) is 11.7. The van der Waals surface area contributed by atoms with E-state index >= 15 is 0 Å². The third-order valence-corrected chi connectivity index (χ3v) is 3.40. The number of ether oxygens (including phenoxy) is 1. The van der Waals surface area contributed by atoms with Crippen molar-refractivity contribution in [3.8, 4) is 5.75 Å². The molecule has 0 fully saturated rings. The second-order valence-corrected chi connectivity index (χ2v) is 7.05. The highest BCUT2D eigenvalue weighted by Gasteiger charge is 2.11. The largest absolute Gasteiger partial charge is 0.490 e. The Balaban J connectivity index is 2.15. The lowest BCUT2D eigenvalue weighted by atomic mass is 10.1. The summed E-state index contributed by atoms with van der Waals surface area (Å²) in [5, 5.41) is 3.43. The highest BCUT2D eigenvalue weighted by atomic mass is 79.9. The van der Waals surface area contributed by atoms with Crippen LogP contribution in [0, 0.1) is 11.6 Å². The van der Waals surface area contributed by atoms with Crippen molar-refractivity contribution in [1.82, 2.24) is 5.32 Å². The van der Waals surface area contributed by atoms with Crippen molar-refractivity contribution in [1.29, 1.82) is 0 Å². The van der Waals surface area contributed by atoms with Crippen LogP contribution in [-0.4, -0.2) is 18.7 Å². The van der Waals surface area contributed by atoms with Gasteiger partial charge >= 0.3 is 0 Å².